The predicted octanol–water partition coefficient (Wildman–Crippen LogP) is -0.772. The average Bonchev–Trinajstić information content (AvgIpc) is 2.99. The Kier molecular flexibility index (Phi) is 4.94. The lowest BCUT2D eigenvalue weighted by Crippen LogP contribution is -2.40. The molecule has 3 atom stereocenters. The van der Waals surface area contributed by atoms with Gasteiger partial charge in [-0.15, -0.1) is 0 Å². The van der Waals surface area contributed by atoms with Gasteiger partial charge < -0.3 is 14.7 Å². The Morgan fingerprint density at radius 3 is 3.00 bits per heavy atom. The Labute approximate surface area is 107 Å². The number of amides is 1. The topological polar surface area (TPSA) is 87.8 Å². The van der Waals surface area contributed by atoms with Crippen LogP contribution in [0.1, 0.15) is 25.7 Å². The fourth-order valence-electron chi connectivity index (χ4n) is 2.91. The van der Waals surface area contributed by atoms with Crippen LogP contribution in [0, 0.1) is 5.92 Å². The van der Waals surface area contributed by atoms with Crippen LogP contribution in [-0.2, 0) is 9.53 Å². The number of carbonyl (C=O) groups excluding carboxylic acids is 1. The molecule has 104 valence electrons. The van der Waals surface area contributed by atoms with Gasteiger partial charge in [-0.3, -0.25) is 10.2 Å². The number of carbonyl (C=O) groups is 1. The van der Waals surface area contributed by atoms with E-state index >= 15 is 0 Å². The Morgan fingerprint density at radius 1 is 1.44 bits per heavy atom. The van der Waals surface area contributed by atoms with Crippen molar-refractivity contribution in [3.8, 4) is 0 Å². The molecule has 4 N–H and O–H groups in total. The highest BCUT2D eigenvalue weighted by molar-refractivity contribution is 5.80. The first-order valence-electron chi connectivity index (χ1n) is 6.72. The zero-order valence-electron chi connectivity index (χ0n) is 10.7. The summed E-state index contributed by atoms with van der Waals surface area (Å²) in [6.45, 7) is 3.26. The van der Waals surface area contributed by atoms with E-state index in [9.17, 15) is 4.79 Å². The summed E-state index contributed by atoms with van der Waals surface area (Å²) in [5.74, 6) is 5.48. The van der Waals surface area contributed by atoms with Gasteiger partial charge in [-0.2, -0.15) is 0 Å². The Bertz CT molecular complexity index is 288. The molecular weight excluding hydrogens is 234 g/mol. The highest BCUT2D eigenvalue weighted by Gasteiger charge is 2.32. The lowest BCUT2D eigenvalue weighted by atomic mass is 10.1. The first kappa shape index (κ1) is 13.7. The minimum atomic E-state index is -0.379. The molecule has 0 spiro atoms. The van der Waals surface area contributed by atoms with Crippen LogP contribution in [0.5, 0.6) is 0 Å². The fraction of sp³-hybridized carbons (Fsp3) is 0.917. The van der Waals surface area contributed by atoms with Gasteiger partial charge in [0.15, 0.2) is 0 Å². The van der Waals surface area contributed by atoms with Crippen molar-refractivity contribution in [2.75, 3.05) is 26.2 Å². The van der Waals surface area contributed by atoms with Gasteiger partial charge in [0.1, 0.15) is 6.10 Å². The van der Waals surface area contributed by atoms with E-state index in [1.807, 2.05) is 0 Å². The van der Waals surface area contributed by atoms with E-state index in [2.05, 4.69) is 10.3 Å². The van der Waals surface area contributed by atoms with Crippen LogP contribution in [0.3, 0.4) is 0 Å². The first-order valence-corrected chi connectivity index (χ1v) is 6.72. The second-order valence-corrected chi connectivity index (χ2v) is 5.26. The van der Waals surface area contributed by atoms with Gasteiger partial charge in [0.05, 0.1) is 6.10 Å². The highest BCUT2D eigenvalue weighted by atomic mass is 16.5. The number of hydrogen-bond donors (Lipinski definition) is 3. The molecule has 0 aromatic rings. The summed E-state index contributed by atoms with van der Waals surface area (Å²) in [5.41, 5.74) is 2.14. The van der Waals surface area contributed by atoms with E-state index < -0.39 is 0 Å². The molecule has 3 unspecified atom stereocenters. The van der Waals surface area contributed by atoms with Crippen molar-refractivity contribution in [3.63, 3.8) is 0 Å². The molecule has 1 amide bonds. The number of nitrogens with one attached hydrogen (secondary N) is 1. The quantitative estimate of drug-likeness (QED) is 0.342. The van der Waals surface area contributed by atoms with Gasteiger partial charge in [0, 0.05) is 19.7 Å². The van der Waals surface area contributed by atoms with Gasteiger partial charge in [0.25, 0.3) is 5.91 Å². The second-order valence-electron chi connectivity index (χ2n) is 5.26. The maximum absolute atomic E-state index is 11.3. The summed E-state index contributed by atoms with van der Waals surface area (Å²) in [7, 11) is 0. The molecule has 2 fully saturated rings. The van der Waals surface area contributed by atoms with Crippen molar-refractivity contribution >= 4 is 5.91 Å². The lowest BCUT2D eigenvalue weighted by Gasteiger charge is -2.20. The molecule has 2 aliphatic heterocycles. The van der Waals surface area contributed by atoms with E-state index in [4.69, 9.17) is 15.7 Å². The number of hydrazine groups is 1. The molecule has 2 heterocycles. The molecule has 2 saturated heterocycles. The average molecular weight is 257 g/mol. The summed E-state index contributed by atoms with van der Waals surface area (Å²) in [6, 6.07) is 0. The lowest BCUT2D eigenvalue weighted by molar-refractivity contribution is -0.132. The number of aliphatic hydroxyl groups is 1. The summed E-state index contributed by atoms with van der Waals surface area (Å²) >= 11 is 0. The minimum absolute atomic E-state index is 0.139. The number of ether oxygens (including phenoxy) is 1. The van der Waals surface area contributed by atoms with Crippen molar-refractivity contribution < 1.29 is 14.6 Å². The first-order chi connectivity index (χ1) is 8.72. The maximum Gasteiger partial charge on any atom is 0.263 e. The molecule has 0 radical (unpaired) electrons. The van der Waals surface area contributed by atoms with E-state index in [1.165, 1.54) is 0 Å². The van der Waals surface area contributed by atoms with Gasteiger partial charge in [-0.05, 0) is 38.1 Å². The molecule has 0 aromatic heterocycles. The molecule has 6 nitrogen and oxygen atoms in total. The molecule has 6 heteroatoms. The number of likely N-dealkylation sites (tertiary alicyclic amines) is 1. The van der Waals surface area contributed by atoms with Crippen molar-refractivity contribution in [3.05, 3.63) is 0 Å². The summed E-state index contributed by atoms with van der Waals surface area (Å²) in [5, 5.41) is 8.92. The van der Waals surface area contributed by atoms with Crippen LogP contribution in [-0.4, -0.2) is 54.4 Å². The third-order valence-electron chi connectivity index (χ3n) is 3.91. The van der Waals surface area contributed by atoms with Crippen LogP contribution in [0.2, 0.25) is 0 Å². The summed E-state index contributed by atoms with van der Waals surface area (Å²) in [6.07, 6.45) is 3.47. The normalized spacial score (nSPS) is 32.9. The maximum atomic E-state index is 11.3. The molecule has 18 heavy (non-hydrogen) atoms. The van der Waals surface area contributed by atoms with Gasteiger partial charge in [-0.1, -0.05) is 0 Å². The third kappa shape index (κ3) is 3.41. The number of nitrogens with zero attached hydrogens (tertiary/aromatic N) is 1. The van der Waals surface area contributed by atoms with Crippen molar-refractivity contribution in [2.24, 2.45) is 11.8 Å². The molecule has 0 saturated carbocycles. The van der Waals surface area contributed by atoms with E-state index in [1.54, 1.807) is 0 Å². The van der Waals surface area contributed by atoms with E-state index in [0.29, 0.717) is 5.92 Å². The smallest absolute Gasteiger partial charge is 0.263 e. The SMILES string of the molecule is NNC(=O)C1CCC(CN2CCC(CCO)C2)O1. The molecule has 0 aromatic carbocycles. The van der Waals surface area contributed by atoms with E-state index in [-0.39, 0.29) is 24.7 Å². The Hall–Kier alpha value is -0.690. The van der Waals surface area contributed by atoms with Crippen LogP contribution >= 0.6 is 0 Å². The number of hydrogen-bond acceptors (Lipinski definition) is 5. The van der Waals surface area contributed by atoms with Crippen LogP contribution in [0.15, 0.2) is 0 Å². The second kappa shape index (κ2) is 6.47. The Morgan fingerprint density at radius 2 is 2.28 bits per heavy atom. The van der Waals surface area contributed by atoms with Crippen LogP contribution in [0.4, 0.5) is 0 Å². The zero-order valence-corrected chi connectivity index (χ0v) is 10.7. The van der Waals surface area contributed by atoms with Gasteiger partial charge >= 0.3 is 0 Å². The van der Waals surface area contributed by atoms with Crippen LogP contribution < -0.4 is 11.3 Å². The molecular formula is C12H23N3O3. The van der Waals surface area contributed by atoms with Gasteiger partial charge in [-0.25, -0.2) is 5.84 Å². The highest BCUT2D eigenvalue weighted by Crippen LogP contribution is 2.24. The Balaban J connectivity index is 1.70. The largest absolute Gasteiger partial charge is 0.396 e. The molecule has 2 rings (SSSR count). The van der Waals surface area contributed by atoms with Crippen molar-refractivity contribution in [2.45, 2.75) is 37.9 Å². The standard InChI is InChI=1S/C12H23N3O3/c13-14-12(17)11-2-1-10(18-11)8-15-5-3-9(7-15)4-6-16/h9-11,16H,1-8,13H2,(H,14,17). The third-order valence-corrected chi connectivity index (χ3v) is 3.91. The number of aliphatic hydroxyl groups excluding tert-OH is 1. The summed E-state index contributed by atoms with van der Waals surface area (Å²) in [4.78, 5) is 13.7. The summed E-state index contributed by atoms with van der Waals surface area (Å²) < 4.78 is 5.69. The van der Waals surface area contributed by atoms with Crippen LogP contribution in [0.25, 0.3) is 0 Å². The molecule has 0 aliphatic carbocycles. The zero-order chi connectivity index (χ0) is 13.0. The minimum Gasteiger partial charge on any atom is -0.396 e. The molecule has 0 bridgehead atoms. The van der Waals surface area contributed by atoms with Crippen molar-refractivity contribution in [1.29, 1.82) is 0 Å². The van der Waals surface area contributed by atoms with E-state index in [0.717, 1.165) is 45.3 Å². The van der Waals surface area contributed by atoms with Crippen molar-refractivity contribution in [1.82, 2.24) is 10.3 Å². The fourth-order valence-corrected chi connectivity index (χ4v) is 2.91. The number of rotatable bonds is 5. The number of nitrogens with two attached hydrogens (primary N) is 1. The monoisotopic (exact) mass is 257 g/mol. The predicted molar refractivity (Wildman–Crippen MR) is 66.5 cm³/mol. The van der Waals surface area contributed by atoms with Gasteiger partial charge in [0.2, 0.25) is 0 Å². The molecule has 2 aliphatic rings.